The number of aromatic nitrogens is 2. The minimum Gasteiger partial charge on any atom is -0.497 e. The van der Waals surface area contributed by atoms with Crippen LogP contribution < -0.4 is 25.0 Å². The van der Waals surface area contributed by atoms with Gasteiger partial charge in [-0.1, -0.05) is 0 Å². The molecule has 0 unspecified atom stereocenters. The number of methoxy groups -OCH3 is 1. The molecule has 0 saturated heterocycles. The first-order valence-corrected chi connectivity index (χ1v) is 13.0. The standard InChI is InChI=1S/C28H33N5O3/c1-35-22-9-10-24-23(13-22)27-19(14-30-24)3-2-12-33(27)16-18-4-6-20(7-5-18)29-15-21-8-11-25-28(31-21)32-26(34)17-36-25/h8-11,13-14,18,20,29H,2-7,12,15-17H2,1H3,(H,31,32,34). The molecule has 1 aliphatic carbocycles. The molecule has 1 aromatic carbocycles. The van der Waals surface area contributed by atoms with Crippen LogP contribution in [-0.4, -0.2) is 48.7 Å². The maximum atomic E-state index is 11.6. The Morgan fingerprint density at radius 3 is 2.94 bits per heavy atom. The van der Waals surface area contributed by atoms with E-state index in [-0.39, 0.29) is 12.5 Å². The SMILES string of the molecule is COc1ccc2ncc3c(c2c1)N(CC1CCC(NCc2ccc4c(n2)NC(=O)CO4)CC1)CCC3. The van der Waals surface area contributed by atoms with Crippen molar-refractivity contribution in [2.24, 2.45) is 5.92 Å². The van der Waals surface area contributed by atoms with Crippen molar-refractivity contribution in [2.45, 2.75) is 51.1 Å². The highest BCUT2D eigenvalue weighted by Gasteiger charge is 2.27. The maximum Gasteiger partial charge on any atom is 0.263 e. The summed E-state index contributed by atoms with van der Waals surface area (Å²) < 4.78 is 10.9. The van der Waals surface area contributed by atoms with Crippen molar-refractivity contribution in [3.63, 3.8) is 0 Å². The first-order valence-electron chi connectivity index (χ1n) is 13.0. The summed E-state index contributed by atoms with van der Waals surface area (Å²) in [6.07, 6.45) is 9.12. The van der Waals surface area contributed by atoms with E-state index in [1.165, 1.54) is 48.7 Å². The van der Waals surface area contributed by atoms with Crippen LogP contribution in [-0.2, 0) is 17.8 Å². The Hall–Kier alpha value is -3.39. The summed E-state index contributed by atoms with van der Waals surface area (Å²) in [5, 5.41) is 7.68. The van der Waals surface area contributed by atoms with Crippen molar-refractivity contribution in [2.75, 3.05) is 37.0 Å². The third-order valence-corrected chi connectivity index (χ3v) is 7.74. The van der Waals surface area contributed by atoms with E-state index in [2.05, 4.69) is 38.8 Å². The van der Waals surface area contributed by atoms with Crippen molar-refractivity contribution in [3.05, 3.63) is 47.8 Å². The molecule has 188 valence electrons. The number of fused-ring (bicyclic) bond motifs is 4. The highest BCUT2D eigenvalue weighted by atomic mass is 16.5. The van der Waals surface area contributed by atoms with E-state index in [0.717, 1.165) is 36.5 Å². The Morgan fingerprint density at radius 1 is 1.19 bits per heavy atom. The number of hydrogen-bond acceptors (Lipinski definition) is 7. The van der Waals surface area contributed by atoms with E-state index in [9.17, 15) is 4.79 Å². The number of pyridine rings is 2. The third kappa shape index (κ3) is 4.69. The van der Waals surface area contributed by atoms with Gasteiger partial charge in [0.2, 0.25) is 0 Å². The second-order valence-electron chi connectivity index (χ2n) is 10.1. The van der Waals surface area contributed by atoms with Gasteiger partial charge in [0, 0.05) is 37.3 Å². The number of rotatable bonds is 6. The molecule has 0 atom stereocenters. The summed E-state index contributed by atoms with van der Waals surface area (Å²) >= 11 is 0. The van der Waals surface area contributed by atoms with Crippen molar-refractivity contribution in [1.82, 2.24) is 15.3 Å². The van der Waals surface area contributed by atoms with E-state index in [4.69, 9.17) is 14.5 Å². The zero-order valence-corrected chi connectivity index (χ0v) is 20.8. The van der Waals surface area contributed by atoms with Crippen LogP contribution >= 0.6 is 0 Å². The molecule has 1 saturated carbocycles. The molecular formula is C28H33N5O3. The number of nitrogens with zero attached hydrogens (tertiary/aromatic N) is 3. The normalized spacial score (nSPS) is 21.4. The van der Waals surface area contributed by atoms with Gasteiger partial charge in [-0.3, -0.25) is 9.78 Å². The van der Waals surface area contributed by atoms with Crippen LogP contribution in [0, 0.1) is 5.92 Å². The third-order valence-electron chi connectivity index (χ3n) is 7.74. The molecule has 3 aliphatic rings. The molecule has 1 fully saturated rings. The van der Waals surface area contributed by atoms with Gasteiger partial charge in [-0.2, -0.15) is 0 Å². The first kappa shape index (κ1) is 23.0. The van der Waals surface area contributed by atoms with E-state index in [1.54, 1.807) is 7.11 Å². The number of hydrogen-bond donors (Lipinski definition) is 2. The second-order valence-corrected chi connectivity index (χ2v) is 10.1. The van der Waals surface area contributed by atoms with Gasteiger partial charge in [0.1, 0.15) is 5.75 Å². The highest BCUT2D eigenvalue weighted by Crippen LogP contribution is 2.37. The molecular weight excluding hydrogens is 454 g/mol. The van der Waals surface area contributed by atoms with Crippen LogP contribution in [0.25, 0.3) is 10.9 Å². The quantitative estimate of drug-likeness (QED) is 0.542. The Bertz CT molecular complexity index is 1270. The number of benzene rings is 1. The van der Waals surface area contributed by atoms with Gasteiger partial charge in [0.05, 0.1) is 24.0 Å². The fraction of sp³-hybridized carbons (Fsp3) is 0.464. The molecule has 1 amide bonds. The number of ether oxygens (including phenoxy) is 2. The van der Waals surface area contributed by atoms with Crippen LogP contribution in [0.1, 0.15) is 43.4 Å². The summed E-state index contributed by atoms with van der Waals surface area (Å²) in [5.41, 5.74) is 4.68. The van der Waals surface area contributed by atoms with E-state index in [0.29, 0.717) is 30.1 Å². The van der Waals surface area contributed by atoms with Gasteiger partial charge in [0.25, 0.3) is 5.91 Å². The van der Waals surface area contributed by atoms with Crippen molar-refractivity contribution in [3.8, 4) is 11.5 Å². The van der Waals surface area contributed by atoms with Crippen LogP contribution in [0.4, 0.5) is 11.5 Å². The fourth-order valence-corrected chi connectivity index (χ4v) is 5.85. The highest BCUT2D eigenvalue weighted by molar-refractivity contribution is 5.95. The molecule has 0 bridgehead atoms. The number of aryl methyl sites for hydroxylation is 1. The molecule has 36 heavy (non-hydrogen) atoms. The summed E-state index contributed by atoms with van der Waals surface area (Å²) in [6.45, 7) is 2.95. The van der Waals surface area contributed by atoms with Gasteiger partial charge in [-0.05, 0) is 80.3 Å². The number of anilines is 2. The molecule has 3 aromatic rings. The lowest BCUT2D eigenvalue weighted by Gasteiger charge is -2.37. The predicted molar refractivity (Wildman–Crippen MR) is 140 cm³/mol. The Kier molecular flexibility index (Phi) is 6.35. The summed E-state index contributed by atoms with van der Waals surface area (Å²) in [7, 11) is 1.72. The average Bonchev–Trinajstić information content (AvgIpc) is 2.92. The van der Waals surface area contributed by atoms with Gasteiger partial charge >= 0.3 is 0 Å². The van der Waals surface area contributed by atoms with Gasteiger partial charge < -0.3 is 25.0 Å². The molecule has 4 heterocycles. The summed E-state index contributed by atoms with van der Waals surface area (Å²) in [6, 6.07) is 10.6. The lowest BCUT2D eigenvalue weighted by Crippen LogP contribution is -2.38. The molecule has 8 heteroatoms. The van der Waals surface area contributed by atoms with Crippen molar-refractivity contribution >= 4 is 28.3 Å². The summed E-state index contributed by atoms with van der Waals surface area (Å²) in [5.74, 6) is 2.59. The molecule has 2 aliphatic heterocycles. The lowest BCUT2D eigenvalue weighted by molar-refractivity contribution is -0.118. The molecule has 0 spiro atoms. The van der Waals surface area contributed by atoms with E-state index < -0.39 is 0 Å². The molecule has 8 nitrogen and oxygen atoms in total. The number of amides is 1. The van der Waals surface area contributed by atoms with Crippen molar-refractivity contribution < 1.29 is 14.3 Å². The van der Waals surface area contributed by atoms with Crippen molar-refractivity contribution in [1.29, 1.82) is 0 Å². The van der Waals surface area contributed by atoms with Crippen LogP contribution in [0.3, 0.4) is 0 Å². The van der Waals surface area contributed by atoms with Crippen LogP contribution in [0.15, 0.2) is 36.5 Å². The molecule has 2 N–H and O–H groups in total. The van der Waals surface area contributed by atoms with E-state index in [1.807, 2.05) is 18.2 Å². The van der Waals surface area contributed by atoms with Gasteiger partial charge in [0.15, 0.2) is 18.2 Å². The number of nitrogens with one attached hydrogen (secondary N) is 2. The lowest BCUT2D eigenvalue weighted by atomic mass is 9.85. The predicted octanol–water partition coefficient (Wildman–Crippen LogP) is 4.07. The van der Waals surface area contributed by atoms with Gasteiger partial charge in [-0.15, -0.1) is 0 Å². The topological polar surface area (TPSA) is 88.6 Å². The van der Waals surface area contributed by atoms with E-state index >= 15 is 0 Å². The van der Waals surface area contributed by atoms with Crippen LogP contribution in [0.5, 0.6) is 11.5 Å². The Balaban J connectivity index is 1.07. The smallest absolute Gasteiger partial charge is 0.263 e. The largest absolute Gasteiger partial charge is 0.497 e. The number of carbonyl (C=O) groups is 1. The van der Waals surface area contributed by atoms with Gasteiger partial charge in [-0.25, -0.2) is 4.98 Å². The molecule has 6 rings (SSSR count). The molecule has 0 radical (unpaired) electrons. The summed E-state index contributed by atoms with van der Waals surface area (Å²) in [4.78, 5) is 23.4. The zero-order valence-electron chi connectivity index (χ0n) is 20.8. The first-order chi connectivity index (χ1) is 17.7. The monoisotopic (exact) mass is 487 g/mol. The average molecular weight is 488 g/mol. The maximum absolute atomic E-state index is 11.6. The minimum atomic E-state index is -0.154. The second kappa shape index (κ2) is 9.93. The minimum absolute atomic E-state index is 0.0554. The van der Waals surface area contributed by atoms with Crippen LogP contribution in [0.2, 0.25) is 0 Å². The number of carbonyl (C=O) groups excluding carboxylic acids is 1. The fourth-order valence-electron chi connectivity index (χ4n) is 5.85. The Labute approximate surface area is 211 Å². The Morgan fingerprint density at radius 2 is 2.08 bits per heavy atom. The zero-order chi connectivity index (χ0) is 24.5. The molecule has 2 aromatic heterocycles.